The van der Waals surface area contributed by atoms with E-state index in [2.05, 4.69) is 9.46 Å². The molecule has 1 aliphatic rings. The van der Waals surface area contributed by atoms with Crippen LogP contribution in [0.3, 0.4) is 0 Å². The number of carbonyl (C=O) groups is 1. The molecule has 1 N–H and O–H groups in total. The fourth-order valence-corrected chi connectivity index (χ4v) is 3.42. The molecule has 1 fully saturated rings. The molecule has 114 valence electrons. The molecule has 1 aromatic rings. The molecule has 0 spiro atoms. The minimum atomic E-state index is -3.93. The second-order valence-electron chi connectivity index (χ2n) is 4.87. The van der Waals surface area contributed by atoms with Crippen molar-refractivity contribution in [2.45, 2.75) is 24.3 Å². The van der Waals surface area contributed by atoms with E-state index in [0.29, 0.717) is 0 Å². The predicted octanol–water partition coefficient (Wildman–Crippen LogP) is 1.07. The first-order valence-electron chi connectivity index (χ1n) is 6.15. The van der Waals surface area contributed by atoms with Gasteiger partial charge in [0.1, 0.15) is 0 Å². The minimum Gasteiger partial charge on any atom is -0.465 e. The lowest BCUT2D eigenvalue weighted by atomic mass is 10.2. The van der Waals surface area contributed by atoms with Gasteiger partial charge in [-0.25, -0.2) is 17.9 Å². The summed E-state index contributed by atoms with van der Waals surface area (Å²) < 4.78 is 31.5. The molecule has 2 unspecified atom stereocenters. The maximum absolute atomic E-state index is 12.3. The molecular formula is C12H14N2O6S. The zero-order valence-electron chi connectivity index (χ0n) is 11.4. The second-order valence-corrected chi connectivity index (χ2v) is 6.55. The quantitative estimate of drug-likeness (QED) is 0.493. The molecule has 1 aromatic carbocycles. The van der Waals surface area contributed by atoms with Gasteiger partial charge in [-0.1, -0.05) is 6.92 Å². The van der Waals surface area contributed by atoms with Gasteiger partial charge in [-0.3, -0.25) is 10.1 Å². The van der Waals surface area contributed by atoms with Crippen molar-refractivity contribution in [2.24, 2.45) is 5.92 Å². The molecule has 0 saturated heterocycles. The lowest BCUT2D eigenvalue weighted by molar-refractivity contribution is -0.384. The highest BCUT2D eigenvalue weighted by Gasteiger charge is 2.37. The van der Waals surface area contributed by atoms with Gasteiger partial charge in [0.15, 0.2) is 0 Å². The topological polar surface area (TPSA) is 116 Å². The number of carbonyl (C=O) groups excluding carboxylic acids is 1. The van der Waals surface area contributed by atoms with Crippen molar-refractivity contribution >= 4 is 21.7 Å². The number of esters is 1. The molecule has 0 bridgehead atoms. The molecule has 0 heterocycles. The monoisotopic (exact) mass is 314 g/mol. The Bertz CT molecular complexity index is 700. The van der Waals surface area contributed by atoms with E-state index in [1.54, 1.807) is 0 Å². The van der Waals surface area contributed by atoms with Crippen LogP contribution in [0.25, 0.3) is 0 Å². The summed E-state index contributed by atoms with van der Waals surface area (Å²) in [4.78, 5) is 21.4. The van der Waals surface area contributed by atoms with Crippen LogP contribution in [0.15, 0.2) is 23.1 Å². The van der Waals surface area contributed by atoms with Crippen LogP contribution in [0.2, 0.25) is 0 Å². The Labute approximate surface area is 121 Å². The highest BCUT2D eigenvalue weighted by molar-refractivity contribution is 7.89. The molecule has 0 aromatic heterocycles. The number of ether oxygens (including phenoxy) is 1. The third-order valence-electron chi connectivity index (χ3n) is 3.28. The van der Waals surface area contributed by atoms with Gasteiger partial charge in [-0.05, 0) is 18.4 Å². The number of nitro benzene ring substituents is 1. The molecule has 21 heavy (non-hydrogen) atoms. The van der Waals surface area contributed by atoms with E-state index in [-0.39, 0.29) is 28.1 Å². The third kappa shape index (κ3) is 3.19. The Kier molecular flexibility index (Phi) is 3.97. The first-order valence-corrected chi connectivity index (χ1v) is 7.63. The summed E-state index contributed by atoms with van der Waals surface area (Å²) in [7, 11) is -2.85. The van der Waals surface area contributed by atoms with Gasteiger partial charge in [0.2, 0.25) is 10.0 Å². The van der Waals surface area contributed by atoms with Crippen LogP contribution in [0.4, 0.5) is 5.69 Å². The Morgan fingerprint density at radius 3 is 2.57 bits per heavy atom. The number of non-ortho nitro benzene ring substituents is 1. The zero-order chi connectivity index (χ0) is 15.8. The number of nitrogens with zero attached hydrogens (tertiary/aromatic N) is 1. The summed E-state index contributed by atoms with van der Waals surface area (Å²) in [5, 5.41) is 10.7. The van der Waals surface area contributed by atoms with Gasteiger partial charge in [0.05, 0.1) is 22.5 Å². The fourth-order valence-electron chi connectivity index (χ4n) is 1.88. The Balaban J connectivity index is 2.46. The van der Waals surface area contributed by atoms with Crippen LogP contribution in [-0.4, -0.2) is 32.5 Å². The summed E-state index contributed by atoms with van der Waals surface area (Å²) in [6, 6.07) is 2.81. The average Bonchev–Trinajstić information content (AvgIpc) is 3.11. The van der Waals surface area contributed by atoms with Crippen molar-refractivity contribution < 1.29 is 22.9 Å². The number of nitrogens with one attached hydrogen (secondary N) is 1. The van der Waals surface area contributed by atoms with Crippen molar-refractivity contribution in [3.05, 3.63) is 33.9 Å². The van der Waals surface area contributed by atoms with E-state index in [0.717, 1.165) is 31.7 Å². The van der Waals surface area contributed by atoms with E-state index in [1.165, 1.54) is 0 Å². The third-order valence-corrected chi connectivity index (χ3v) is 4.83. The Morgan fingerprint density at radius 1 is 1.48 bits per heavy atom. The molecular weight excluding hydrogens is 300 g/mol. The summed E-state index contributed by atoms with van der Waals surface area (Å²) in [6.45, 7) is 1.89. The van der Waals surface area contributed by atoms with E-state index in [1.807, 2.05) is 6.92 Å². The zero-order valence-corrected chi connectivity index (χ0v) is 12.2. The first kappa shape index (κ1) is 15.4. The maximum atomic E-state index is 12.3. The van der Waals surface area contributed by atoms with Crippen molar-refractivity contribution in [1.29, 1.82) is 0 Å². The van der Waals surface area contributed by atoms with Crippen LogP contribution < -0.4 is 4.72 Å². The number of benzene rings is 1. The highest BCUT2D eigenvalue weighted by Crippen LogP contribution is 2.31. The van der Waals surface area contributed by atoms with Gasteiger partial charge >= 0.3 is 5.97 Å². The lowest BCUT2D eigenvalue weighted by Gasteiger charge is -2.10. The van der Waals surface area contributed by atoms with E-state index in [4.69, 9.17) is 0 Å². The van der Waals surface area contributed by atoms with E-state index < -0.39 is 20.9 Å². The van der Waals surface area contributed by atoms with Crippen LogP contribution >= 0.6 is 0 Å². The highest BCUT2D eigenvalue weighted by atomic mass is 32.2. The maximum Gasteiger partial charge on any atom is 0.339 e. The summed E-state index contributed by atoms with van der Waals surface area (Å²) in [6.07, 6.45) is 0.722. The van der Waals surface area contributed by atoms with Gasteiger partial charge in [-0.2, -0.15) is 0 Å². The van der Waals surface area contributed by atoms with Gasteiger partial charge < -0.3 is 4.74 Å². The van der Waals surface area contributed by atoms with E-state index >= 15 is 0 Å². The van der Waals surface area contributed by atoms with E-state index in [9.17, 15) is 23.3 Å². The standard InChI is InChI=1S/C12H14N2O6S/c1-7-5-10(7)13-21(18,19)11-4-3-8(14(16)17)6-9(11)12(15)20-2/h3-4,6-7,10,13H,5H2,1-2H3. The Morgan fingerprint density at radius 2 is 2.10 bits per heavy atom. The molecule has 1 aliphatic carbocycles. The molecule has 9 heteroatoms. The summed E-state index contributed by atoms with van der Waals surface area (Å²) in [5.74, 6) is -0.706. The van der Waals surface area contributed by atoms with Crippen molar-refractivity contribution in [3.8, 4) is 0 Å². The smallest absolute Gasteiger partial charge is 0.339 e. The van der Waals surface area contributed by atoms with Crippen LogP contribution in [0, 0.1) is 16.0 Å². The van der Waals surface area contributed by atoms with Crippen molar-refractivity contribution in [2.75, 3.05) is 7.11 Å². The summed E-state index contributed by atoms with van der Waals surface area (Å²) in [5.41, 5.74) is -0.735. The number of methoxy groups -OCH3 is 1. The van der Waals surface area contributed by atoms with Crippen molar-refractivity contribution in [1.82, 2.24) is 4.72 Å². The molecule has 8 nitrogen and oxygen atoms in total. The van der Waals surface area contributed by atoms with Gasteiger partial charge in [0.25, 0.3) is 5.69 Å². The molecule has 1 saturated carbocycles. The lowest BCUT2D eigenvalue weighted by Crippen LogP contribution is -2.28. The molecule has 0 aliphatic heterocycles. The number of hydrogen-bond acceptors (Lipinski definition) is 6. The number of sulfonamides is 1. The average molecular weight is 314 g/mol. The Hall–Kier alpha value is -2.00. The molecule has 2 rings (SSSR count). The molecule has 2 atom stereocenters. The van der Waals surface area contributed by atoms with Gasteiger partial charge in [0, 0.05) is 18.2 Å². The largest absolute Gasteiger partial charge is 0.465 e. The van der Waals surface area contributed by atoms with Crippen molar-refractivity contribution in [3.63, 3.8) is 0 Å². The molecule has 0 radical (unpaired) electrons. The molecule has 0 amide bonds. The second kappa shape index (κ2) is 5.41. The predicted molar refractivity (Wildman–Crippen MR) is 72.3 cm³/mol. The van der Waals surface area contributed by atoms with Crippen LogP contribution in [0.1, 0.15) is 23.7 Å². The number of rotatable bonds is 5. The van der Waals surface area contributed by atoms with Crippen LogP contribution in [0.5, 0.6) is 0 Å². The normalized spacial score (nSPS) is 20.9. The number of nitro groups is 1. The van der Waals surface area contributed by atoms with Gasteiger partial charge in [-0.15, -0.1) is 0 Å². The summed E-state index contributed by atoms with van der Waals surface area (Å²) >= 11 is 0. The number of hydrogen-bond donors (Lipinski definition) is 1. The fraction of sp³-hybridized carbons (Fsp3) is 0.417. The minimum absolute atomic E-state index is 0.171. The SMILES string of the molecule is COC(=O)c1cc([N+](=O)[O-])ccc1S(=O)(=O)NC1CC1C. The first-order chi connectivity index (χ1) is 9.76. The van der Waals surface area contributed by atoms with Crippen LogP contribution in [-0.2, 0) is 14.8 Å².